The molecule has 0 amide bonds. The Morgan fingerprint density at radius 2 is 2.38 bits per heavy atom. The number of hydrogen-bond acceptors (Lipinski definition) is 2. The lowest BCUT2D eigenvalue weighted by Crippen LogP contribution is -2.24. The van der Waals surface area contributed by atoms with Crippen molar-refractivity contribution in [1.82, 2.24) is 0 Å². The van der Waals surface area contributed by atoms with Crippen LogP contribution in [0.5, 0.6) is 0 Å². The van der Waals surface area contributed by atoms with Crippen LogP contribution in [0.2, 0.25) is 0 Å². The molecule has 0 aliphatic carbocycles. The van der Waals surface area contributed by atoms with Crippen molar-refractivity contribution >= 4 is 22.6 Å². The van der Waals surface area contributed by atoms with E-state index in [9.17, 15) is 0 Å². The minimum Gasteiger partial charge on any atom is -0.393 e. The van der Waals surface area contributed by atoms with Crippen LogP contribution < -0.4 is 0 Å². The van der Waals surface area contributed by atoms with Crippen molar-refractivity contribution in [2.45, 2.75) is 23.1 Å². The molecule has 48 valence electrons. The Hall–Kier alpha value is 0.650. The standard InChI is InChI=1S/C5H9IO2/c6-5-3-4(7)1-2-8-5/h4-5,7H,1-3H2/t4-,5+/m0/s1. The minimum atomic E-state index is -0.120. The predicted octanol–water partition coefficient (Wildman–Crippen LogP) is 0.919. The molecular weight excluding hydrogens is 219 g/mol. The summed E-state index contributed by atoms with van der Waals surface area (Å²) in [6.45, 7) is 0.717. The van der Waals surface area contributed by atoms with E-state index in [1.54, 1.807) is 0 Å². The molecule has 1 heterocycles. The number of alkyl halides is 1. The van der Waals surface area contributed by atoms with Crippen molar-refractivity contribution < 1.29 is 9.84 Å². The maximum atomic E-state index is 8.99. The van der Waals surface area contributed by atoms with E-state index in [1.807, 2.05) is 0 Å². The average molecular weight is 228 g/mol. The van der Waals surface area contributed by atoms with Gasteiger partial charge in [0.05, 0.1) is 12.7 Å². The lowest BCUT2D eigenvalue weighted by Gasteiger charge is -2.21. The van der Waals surface area contributed by atoms with Crippen LogP contribution >= 0.6 is 22.6 Å². The molecule has 0 bridgehead atoms. The topological polar surface area (TPSA) is 29.5 Å². The fourth-order valence-corrected chi connectivity index (χ4v) is 1.57. The summed E-state index contributed by atoms with van der Waals surface area (Å²) in [6, 6.07) is 0. The fourth-order valence-electron chi connectivity index (χ4n) is 0.732. The highest BCUT2D eigenvalue weighted by Gasteiger charge is 2.16. The maximum Gasteiger partial charge on any atom is 0.111 e. The van der Waals surface area contributed by atoms with Gasteiger partial charge in [-0.1, -0.05) is 22.6 Å². The molecule has 0 radical (unpaired) electrons. The van der Waals surface area contributed by atoms with E-state index < -0.39 is 0 Å². The third-order valence-corrected chi connectivity index (χ3v) is 2.08. The van der Waals surface area contributed by atoms with Crippen molar-refractivity contribution in [1.29, 1.82) is 0 Å². The Balaban J connectivity index is 2.23. The summed E-state index contributed by atoms with van der Waals surface area (Å²) >= 11 is 2.19. The summed E-state index contributed by atoms with van der Waals surface area (Å²) in [7, 11) is 0. The molecule has 1 fully saturated rings. The molecule has 0 unspecified atom stereocenters. The third kappa shape index (κ3) is 1.87. The van der Waals surface area contributed by atoms with Gasteiger partial charge in [-0.2, -0.15) is 0 Å². The Bertz CT molecular complexity index is 68.8. The first-order chi connectivity index (χ1) is 3.79. The number of aliphatic hydroxyl groups excluding tert-OH is 1. The average Bonchev–Trinajstić information content (AvgIpc) is 1.64. The molecule has 1 aliphatic heterocycles. The maximum absolute atomic E-state index is 8.99. The lowest BCUT2D eigenvalue weighted by molar-refractivity contribution is 0.00474. The quantitative estimate of drug-likeness (QED) is 0.493. The van der Waals surface area contributed by atoms with Crippen LogP contribution in [-0.2, 0) is 4.74 Å². The third-order valence-electron chi connectivity index (χ3n) is 1.21. The normalized spacial score (nSPS) is 39.8. The first-order valence-electron chi connectivity index (χ1n) is 2.73. The first kappa shape index (κ1) is 6.77. The summed E-state index contributed by atoms with van der Waals surface area (Å²) in [5, 5.41) is 8.99. The highest BCUT2D eigenvalue weighted by atomic mass is 127. The molecule has 2 nitrogen and oxygen atoms in total. The molecular formula is C5H9IO2. The van der Waals surface area contributed by atoms with E-state index in [-0.39, 0.29) is 10.2 Å². The molecule has 1 N–H and O–H groups in total. The van der Waals surface area contributed by atoms with Gasteiger partial charge in [-0.3, -0.25) is 0 Å². The summed E-state index contributed by atoms with van der Waals surface area (Å²) in [4.78, 5) is 0. The molecule has 1 rings (SSSR count). The van der Waals surface area contributed by atoms with Gasteiger partial charge >= 0.3 is 0 Å². The molecule has 0 saturated carbocycles. The van der Waals surface area contributed by atoms with Crippen molar-refractivity contribution in [2.75, 3.05) is 6.61 Å². The highest BCUT2D eigenvalue weighted by molar-refractivity contribution is 14.1. The largest absolute Gasteiger partial charge is 0.393 e. The SMILES string of the molecule is O[C@H]1CCO[C@@H](I)C1. The second-order valence-electron chi connectivity index (χ2n) is 1.96. The zero-order valence-electron chi connectivity index (χ0n) is 4.51. The van der Waals surface area contributed by atoms with Gasteiger partial charge in [-0.15, -0.1) is 0 Å². The van der Waals surface area contributed by atoms with Crippen LogP contribution in [0.4, 0.5) is 0 Å². The predicted molar refractivity (Wildman–Crippen MR) is 39.0 cm³/mol. The lowest BCUT2D eigenvalue weighted by atomic mass is 10.2. The Kier molecular flexibility index (Phi) is 2.52. The summed E-state index contributed by atoms with van der Waals surface area (Å²) in [5.74, 6) is 0. The number of halogens is 1. The van der Waals surface area contributed by atoms with Gasteiger partial charge in [-0.25, -0.2) is 0 Å². The van der Waals surface area contributed by atoms with Crippen LogP contribution in [0.25, 0.3) is 0 Å². The second-order valence-corrected chi connectivity index (χ2v) is 3.35. The van der Waals surface area contributed by atoms with Crippen LogP contribution in [0.1, 0.15) is 12.8 Å². The molecule has 1 aliphatic rings. The van der Waals surface area contributed by atoms with Crippen LogP contribution in [0.3, 0.4) is 0 Å². The number of hydrogen-bond donors (Lipinski definition) is 1. The smallest absolute Gasteiger partial charge is 0.111 e. The first-order valence-corrected chi connectivity index (χ1v) is 3.97. The molecule has 0 aromatic carbocycles. The highest BCUT2D eigenvalue weighted by Crippen LogP contribution is 2.17. The number of aliphatic hydroxyl groups is 1. The van der Waals surface area contributed by atoms with Crippen LogP contribution in [-0.4, -0.2) is 21.9 Å². The van der Waals surface area contributed by atoms with Crippen LogP contribution in [0.15, 0.2) is 0 Å². The van der Waals surface area contributed by atoms with E-state index in [2.05, 4.69) is 22.6 Å². The fraction of sp³-hybridized carbons (Fsp3) is 1.00. The van der Waals surface area contributed by atoms with Gasteiger partial charge in [-0.05, 0) is 6.42 Å². The van der Waals surface area contributed by atoms with Gasteiger partial charge in [0.1, 0.15) is 4.11 Å². The van der Waals surface area contributed by atoms with Crippen molar-refractivity contribution in [3.05, 3.63) is 0 Å². The summed E-state index contributed by atoms with van der Waals surface area (Å²) in [6.07, 6.45) is 1.48. The Morgan fingerprint density at radius 3 is 2.75 bits per heavy atom. The molecule has 8 heavy (non-hydrogen) atoms. The molecule has 2 atom stereocenters. The monoisotopic (exact) mass is 228 g/mol. The van der Waals surface area contributed by atoms with Gasteiger partial charge in [0.25, 0.3) is 0 Å². The van der Waals surface area contributed by atoms with E-state index >= 15 is 0 Å². The van der Waals surface area contributed by atoms with Crippen molar-refractivity contribution in [3.63, 3.8) is 0 Å². The molecule has 0 spiro atoms. The summed E-state index contributed by atoms with van der Waals surface area (Å²) < 4.78 is 5.41. The zero-order chi connectivity index (χ0) is 5.98. The summed E-state index contributed by atoms with van der Waals surface area (Å²) in [5.41, 5.74) is 0. The Labute approximate surface area is 62.4 Å². The van der Waals surface area contributed by atoms with E-state index in [0.717, 1.165) is 19.4 Å². The van der Waals surface area contributed by atoms with Gasteiger partial charge in [0, 0.05) is 6.42 Å². The molecule has 0 aromatic rings. The van der Waals surface area contributed by atoms with Crippen LogP contribution in [0, 0.1) is 0 Å². The van der Waals surface area contributed by atoms with E-state index in [4.69, 9.17) is 9.84 Å². The van der Waals surface area contributed by atoms with Crippen molar-refractivity contribution in [2.24, 2.45) is 0 Å². The zero-order valence-corrected chi connectivity index (χ0v) is 6.67. The Morgan fingerprint density at radius 1 is 1.62 bits per heavy atom. The molecule has 1 saturated heterocycles. The van der Waals surface area contributed by atoms with Gasteiger partial charge in [0.2, 0.25) is 0 Å². The number of rotatable bonds is 0. The van der Waals surface area contributed by atoms with E-state index in [1.165, 1.54) is 0 Å². The number of ether oxygens (including phenoxy) is 1. The molecule has 0 aromatic heterocycles. The van der Waals surface area contributed by atoms with Crippen molar-refractivity contribution in [3.8, 4) is 0 Å². The van der Waals surface area contributed by atoms with Gasteiger partial charge in [0.15, 0.2) is 0 Å². The van der Waals surface area contributed by atoms with E-state index in [0.29, 0.717) is 0 Å². The minimum absolute atomic E-state index is 0.120. The second kappa shape index (κ2) is 2.98. The van der Waals surface area contributed by atoms with Gasteiger partial charge < -0.3 is 9.84 Å². The molecule has 3 heteroatoms.